The van der Waals surface area contributed by atoms with Gasteiger partial charge in [0.2, 0.25) is 0 Å². The fourth-order valence-corrected chi connectivity index (χ4v) is 2.79. The number of carbonyl (C=O) groups is 1. The van der Waals surface area contributed by atoms with Crippen molar-refractivity contribution in [3.05, 3.63) is 76.1 Å². The normalized spacial score (nSPS) is 10.8. The summed E-state index contributed by atoms with van der Waals surface area (Å²) in [6, 6.07) is 16.1. The Labute approximate surface area is 140 Å². The fraction of sp³-hybridized carbons (Fsp3) is 0.200. The van der Waals surface area contributed by atoms with Gasteiger partial charge in [0, 0.05) is 29.7 Å². The Kier molecular flexibility index (Phi) is 4.47. The van der Waals surface area contributed by atoms with Crippen LogP contribution in [0.5, 0.6) is 0 Å². The van der Waals surface area contributed by atoms with E-state index in [0.717, 1.165) is 24.2 Å². The molecule has 0 fully saturated rings. The summed E-state index contributed by atoms with van der Waals surface area (Å²) in [5.41, 5.74) is 1.47. The summed E-state index contributed by atoms with van der Waals surface area (Å²) in [4.78, 5) is 27.0. The van der Waals surface area contributed by atoms with Gasteiger partial charge >= 0.3 is 5.63 Å². The highest BCUT2D eigenvalue weighted by molar-refractivity contribution is 6.10. The van der Waals surface area contributed by atoms with E-state index in [4.69, 9.17) is 4.42 Å². The molecule has 4 heteroatoms. The molecule has 0 aliphatic carbocycles. The van der Waals surface area contributed by atoms with Crippen LogP contribution in [-0.2, 0) is 0 Å². The molecule has 0 atom stereocenters. The molecule has 1 aromatic heterocycles. The summed E-state index contributed by atoms with van der Waals surface area (Å²) in [5.74, 6) is -0.319. The lowest BCUT2D eigenvalue weighted by Gasteiger charge is -2.20. The van der Waals surface area contributed by atoms with Crippen LogP contribution in [0, 0.1) is 0 Å². The topological polar surface area (TPSA) is 50.5 Å². The van der Waals surface area contributed by atoms with Gasteiger partial charge in [0.25, 0.3) is 0 Å². The molecule has 0 spiro atoms. The zero-order valence-electron chi connectivity index (χ0n) is 13.8. The first-order valence-corrected chi connectivity index (χ1v) is 8.06. The molecule has 2 aromatic carbocycles. The molecule has 0 amide bonds. The van der Waals surface area contributed by atoms with Crippen molar-refractivity contribution in [1.82, 2.24) is 0 Å². The second-order valence-corrected chi connectivity index (χ2v) is 5.53. The molecule has 0 bridgehead atoms. The van der Waals surface area contributed by atoms with Crippen LogP contribution in [0.2, 0.25) is 0 Å². The van der Waals surface area contributed by atoms with Gasteiger partial charge < -0.3 is 9.32 Å². The predicted octanol–water partition coefficient (Wildman–Crippen LogP) is 3.87. The highest BCUT2D eigenvalue weighted by Crippen LogP contribution is 2.18. The number of para-hydroxylation sites is 1. The van der Waals surface area contributed by atoms with Crippen molar-refractivity contribution in [2.45, 2.75) is 13.8 Å². The molecule has 0 aliphatic rings. The standard InChI is InChI=1S/C20H19NO3/c1-3-21(4-2)16-11-9-14(10-12-16)19(22)17-13-15-7-5-6-8-18(15)24-20(17)23/h5-13H,3-4H2,1-2H3. The van der Waals surface area contributed by atoms with E-state index >= 15 is 0 Å². The summed E-state index contributed by atoms with van der Waals surface area (Å²) in [7, 11) is 0. The van der Waals surface area contributed by atoms with Crippen molar-refractivity contribution in [2.24, 2.45) is 0 Å². The molecule has 0 radical (unpaired) electrons. The second kappa shape index (κ2) is 6.71. The van der Waals surface area contributed by atoms with E-state index in [1.165, 1.54) is 0 Å². The van der Waals surface area contributed by atoms with E-state index in [1.807, 2.05) is 24.3 Å². The highest BCUT2D eigenvalue weighted by Gasteiger charge is 2.16. The quantitative estimate of drug-likeness (QED) is 0.529. The maximum absolute atomic E-state index is 12.7. The minimum atomic E-state index is -0.605. The molecular weight excluding hydrogens is 302 g/mol. The van der Waals surface area contributed by atoms with Crippen LogP contribution >= 0.6 is 0 Å². The van der Waals surface area contributed by atoms with Crippen LogP contribution in [0.15, 0.2) is 63.8 Å². The molecule has 0 saturated heterocycles. The van der Waals surface area contributed by atoms with Gasteiger partial charge in [0.05, 0.1) is 0 Å². The number of nitrogens with zero attached hydrogens (tertiary/aromatic N) is 1. The fourth-order valence-electron chi connectivity index (χ4n) is 2.79. The lowest BCUT2D eigenvalue weighted by molar-refractivity contribution is 0.103. The Morgan fingerprint density at radius 3 is 2.33 bits per heavy atom. The Bertz CT molecular complexity index is 922. The number of rotatable bonds is 5. The number of anilines is 1. The van der Waals surface area contributed by atoms with Crippen LogP contribution in [0.3, 0.4) is 0 Å². The molecule has 3 rings (SSSR count). The lowest BCUT2D eigenvalue weighted by Crippen LogP contribution is -2.21. The monoisotopic (exact) mass is 321 g/mol. The maximum Gasteiger partial charge on any atom is 0.347 e. The third-order valence-corrected chi connectivity index (χ3v) is 4.14. The average Bonchev–Trinajstić information content (AvgIpc) is 2.62. The summed E-state index contributed by atoms with van der Waals surface area (Å²) in [5, 5.41) is 0.736. The molecule has 3 aromatic rings. The SMILES string of the molecule is CCN(CC)c1ccc(C(=O)c2cc3ccccc3oc2=O)cc1. The van der Waals surface area contributed by atoms with E-state index < -0.39 is 5.63 Å². The number of hydrogen-bond donors (Lipinski definition) is 0. The van der Waals surface area contributed by atoms with Gasteiger partial charge in [-0.2, -0.15) is 0 Å². The first kappa shape index (κ1) is 16.0. The van der Waals surface area contributed by atoms with E-state index in [-0.39, 0.29) is 11.3 Å². The Morgan fingerprint density at radius 2 is 1.67 bits per heavy atom. The van der Waals surface area contributed by atoms with E-state index in [9.17, 15) is 9.59 Å². The molecule has 4 nitrogen and oxygen atoms in total. The number of hydrogen-bond acceptors (Lipinski definition) is 4. The number of ketones is 1. The van der Waals surface area contributed by atoms with Gasteiger partial charge in [-0.3, -0.25) is 4.79 Å². The van der Waals surface area contributed by atoms with Gasteiger partial charge in [-0.15, -0.1) is 0 Å². The maximum atomic E-state index is 12.7. The van der Waals surface area contributed by atoms with Gasteiger partial charge in [0.1, 0.15) is 11.1 Å². The van der Waals surface area contributed by atoms with Crippen molar-refractivity contribution in [3.8, 4) is 0 Å². The van der Waals surface area contributed by atoms with Crippen molar-refractivity contribution in [1.29, 1.82) is 0 Å². The molecule has 0 aliphatic heterocycles. The summed E-state index contributed by atoms with van der Waals surface area (Å²) < 4.78 is 5.25. The van der Waals surface area contributed by atoms with Gasteiger partial charge in [-0.05, 0) is 50.2 Å². The lowest BCUT2D eigenvalue weighted by atomic mass is 10.0. The Hall–Kier alpha value is -2.88. The van der Waals surface area contributed by atoms with Crippen LogP contribution in [0.4, 0.5) is 5.69 Å². The van der Waals surface area contributed by atoms with E-state index in [1.54, 1.807) is 30.3 Å². The van der Waals surface area contributed by atoms with Gasteiger partial charge in [-0.1, -0.05) is 18.2 Å². The first-order chi connectivity index (χ1) is 11.6. The first-order valence-electron chi connectivity index (χ1n) is 8.06. The summed E-state index contributed by atoms with van der Waals surface area (Å²) in [6.07, 6.45) is 0. The second-order valence-electron chi connectivity index (χ2n) is 5.53. The highest BCUT2D eigenvalue weighted by atomic mass is 16.4. The third-order valence-electron chi connectivity index (χ3n) is 4.14. The predicted molar refractivity (Wildman–Crippen MR) is 95.9 cm³/mol. The van der Waals surface area contributed by atoms with Crippen LogP contribution in [0.25, 0.3) is 11.0 Å². The van der Waals surface area contributed by atoms with Crippen molar-refractivity contribution < 1.29 is 9.21 Å². The minimum Gasteiger partial charge on any atom is -0.422 e. The molecule has 24 heavy (non-hydrogen) atoms. The zero-order valence-corrected chi connectivity index (χ0v) is 13.8. The number of benzene rings is 2. The summed E-state index contributed by atoms with van der Waals surface area (Å²) in [6.45, 7) is 5.97. The van der Waals surface area contributed by atoms with Crippen LogP contribution in [-0.4, -0.2) is 18.9 Å². The van der Waals surface area contributed by atoms with Crippen LogP contribution in [0.1, 0.15) is 29.8 Å². The third kappa shape index (κ3) is 2.95. The van der Waals surface area contributed by atoms with Crippen LogP contribution < -0.4 is 10.5 Å². The Balaban J connectivity index is 1.97. The molecule has 0 saturated carbocycles. The molecular formula is C20H19NO3. The largest absolute Gasteiger partial charge is 0.422 e. The summed E-state index contributed by atoms with van der Waals surface area (Å²) >= 11 is 0. The van der Waals surface area contributed by atoms with Gasteiger partial charge in [-0.25, -0.2) is 4.79 Å². The minimum absolute atomic E-state index is 0.0595. The smallest absolute Gasteiger partial charge is 0.347 e. The van der Waals surface area contributed by atoms with Gasteiger partial charge in [0.15, 0.2) is 5.78 Å². The molecule has 1 heterocycles. The van der Waals surface area contributed by atoms with E-state index in [0.29, 0.717) is 11.1 Å². The molecule has 0 unspecified atom stereocenters. The number of fused-ring (bicyclic) bond motifs is 1. The van der Waals surface area contributed by atoms with Crippen molar-refractivity contribution in [2.75, 3.05) is 18.0 Å². The Morgan fingerprint density at radius 1 is 1.00 bits per heavy atom. The average molecular weight is 321 g/mol. The number of carbonyl (C=O) groups excluding carboxylic acids is 1. The molecule has 0 N–H and O–H groups in total. The molecule has 122 valence electrons. The van der Waals surface area contributed by atoms with Crippen molar-refractivity contribution >= 4 is 22.4 Å². The van der Waals surface area contributed by atoms with Crippen molar-refractivity contribution in [3.63, 3.8) is 0 Å². The zero-order chi connectivity index (χ0) is 17.1. The van der Waals surface area contributed by atoms with E-state index in [2.05, 4.69) is 18.7 Å².